The summed E-state index contributed by atoms with van der Waals surface area (Å²) in [5.74, 6) is -0.0500. The smallest absolute Gasteiger partial charge is 0.259 e. The normalized spacial score (nSPS) is 12.2. The van der Waals surface area contributed by atoms with Crippen LogP contribution in [0.4, 0.5) is 0 Å². The first-order chi connectivity index (χ1) is 5.56. The maximum atomic E-state index is 11.1. The van der Waals surface area contributed by atoms with E-state index in [-0.39, 0.29) is 5.91 Å². The number of carbonyl (C=O) groups excluding carboxylic acids is 1. The van der Waals surface area contributed by atoms with Gasteiger partial charge in [0, 0.05) is 5.71 Å². The van der Waals surface area contributed by atoms with Crippen molar-refractivity contribution >= 4 is 11.6 Å². The van der Waals surface area contributed by atoms with Crippen LogP contribution in [0.3, 0.4) is 0 Å². The molecule has 0 rings (SSSR count). The second kappa shape index (κ2) is 5.89. The molecule has 0 radical (unpaired) electrons. The lowest BCUT2D eigenvalue weighted by Crippen LogP contribution is -2.20. The Labute approximate surface area is 74.5 Å². The van der Waals surface area contributed by atoms with Gasteiger partial charge in [-0.1, -0.05) is 13.3 Å². The van der Waals surface area contributed by atoms with Gasteiger partial charge in [-0.05, 0) is 27.4 Å². The van der Waals surface area contributed by atoms with E-state index in [0.717, 1.165) is 18.6 Å². The van der Waals surface area contributed by atoms with Gasteiger partial charge < -0.3 is 4.90 Å². The van der Waals surface area contributed by atoms with Gasteiger partial charge in [0.1, 0.15) is 0 Å². The zero-order valence-corrected chi connectivity index (χ0v) is 8.42. The first kappa shape index (κ1) is 11.3. The van der Waals surface area contributed by atoms with Gasteiger partial charge >= 0.3 is 0 Å². The van der Waals surface area contributed by atoms with Crippen molar-refractivity contribution in [1.82, 2.24) is 4.90 Å². The van der Waals surface area contributed by atoms with Crippen molar-refractivity contribution in [1.29, 1.82) is 0 Å². The molecule has 0 aromatic heterocycles. The number of hydrogen-bond donors (Lipinski definition) is 0. The molecule has 0 unspecified atom stereocenters. The molecule has 0 aromatic rings. The zero-order chi connectivity index (χ0) is 9.56. The molecule has 0 heterocycles. The molecule has 70 valence electrons. The molecule has 0 saturated heterocycles. The Morgan fingerprint density at radius 3 is 2.42 bits per heavy atom. The second-order valence-electron chi connectivity index (χ2n) is 3.23. The molecule has 0 N–H and O–H groups in total. The molecule has 0 atom stereocenters. The van der Waals surface area contributed by atoms with Crippen molar-refractivity contribution in [2.75, 3.05) is 20.6 Å². The first-order valence-electron chi connectivity index (χ1n) is 4.28. The van der Waals surface area contributed by atoms with Gasteiger partial charge in [-0.3, -0.25) is 4.79 Å². The van der Waals surface area contributed by atoms with Crippen LogP contribution in [-0.2, 0) is 4.79 Å². The Bertz CT molecular complexity index is 173. The number of hydrogen-bond acceptors (Lipinski definition) is 2. The van der Waals surface area contributed by atoms with Gasteiger partial charge in [0.2, 0.25) is 0 Å². The molecule has 0 aliphatic heterocycles. The van der Waals surface area contributed by atoms with Crippen LogP contribution in [0.2, 0.25) is 0 Å². The van der Waals surface area contributed by atoms with E-state index in [1.807, 2.05) is 25.9 Å². The minimum Gasteiger partial charge on any atom is -0.301 e. The van der Waals surface area contributed by atoms with Crippen LogP contribution >= 0.6 is 0 Å². The number of aliphatic imine (C=N–C) groups is 1. The summed E-state index contributed by atoms with van der Waals surface area (Å²) in [6, 6.07) is 0. The van der Waals surface area contributed by atoms with Crippen LogP contribution in [0, 0.1) is 0 Å². The maximum absolute atomic E-state index is 11.1. The molecular formula is C9H18N2O. The summed E-state index contributed by atoms with van der Waals surface area (Å²) in [6.07, 6.45) is 1.96. The highest BCUT2D eigenvalue weighted by molar-refractivity contribution is 5.95. The molecule has 3 nitrogen and oxygen atoms in total. The Kier molecular flexibility index (Phi) is 5.54. The lowest BCUT2D eigenvalue weighted by atomic mass is 10.2. The van der Waals surface area contributed by atoms with E-state index >= 15 is 0 Å². The highest BCUT2D eigenvalue weighted by atomic mass is 16.1. The molecule has 0 fully saturated rings. The minimum absolute atomic E-state index is 0.0500. The van der Waals surface area contributed by atoms with E-state index in [0.29, 0.717) is 6.54 Å². The summed E-state index contributed by atoms with van der Waals surface area (Å²) in [4.78, 5) is 16.9. The van der Waals surface area contributed by atoms with Crippen LogP contribution in [-0.4, -0.2) is 37.2 Å². The summed E-state index contributed by atoms with van der Waals surface area (Å²) in [5, 5.41) is 0. The van der Waals surface area contributed by atoms with Gasteiger partial charge in [0.25, 0.3) is 5.91 Å². The van der Waals surface area contributed by atoms with E-state index in [4.69, 9.17) is 0 Å². The van der Waals surface area contributed by atoms with Crippen LogP contribution in [0.5, 0.6) is 0 Å². The molecule has 1 amide bonds. The number of likely N-dealkylation sites (N-methyl/N-ethyl adjacent to an activating group) is 1. The molecule has 0 aliphatic rings. The number of carbonyl (C=O) groups is 1. The quantitative estimate of drug-likeness (QED) is 0.596. The highest BCUT2D eigenvalue weighted by Crippen LogP contribution is 1.92. The summed E-state index contributed by atoms with van der Waals surface area (Å²) in [6.45, 7) is 4.38. The minimum atomic E-state index is -0.0500. The van der Waals surface area contributed by atoms with Gasteiger partial charge in [-0.2, -0.15) is 0 Å². The van der Waals surface area contributed by atoms with Gasteiger partial charge in [0.05, 0.1) is 6.54 Å². The summed E-state index contributed by atoms with van der Waals surface area (Å²) >= 11 is 0. The van der Waals surface area contributed by atoms with Crippen molar-refractivity contribution in [3.05, 3.63) is 0 Å². The third kappa shape index (κ3) is 6.04. The summed E-state index contributed by atoms with van der Waals surface area (Å²) in [5.41, 5.74) is 0.935. The predicted octanol–water partition coefficient (Wildman–Crippen LogP) is 1.34. The molecular weight excluding hydrogens is 152 g/mol. The fourth-order valence-corrected chi connectivity index (χ4v) is 0.936. The van der Waals surface area contributed by atoms with Gasteiger partial charge in [-0.25, -0.2) is 4.99 Å². The van der Waals surface area contributed by atoms with E-state index < -0.39 is 0 Å². The predicted molar refractivity (Wildman–Crippen MR) is 51.6 cm³/mol. The highest BCUT2D eigenvalue weighted by Gasteiger charge is 2.00. The SMILES string of the molecule is CCCC(C)=NC(=O)CN(C)C. The van der Waals surface area contributed by atoms with Crippen molar-refractivity contribution < 1.29 is 4.79 Å². The first-order valence-corrected chi connectivity index (χ1v) is 4.28. The van der Waals surface area contributed by atoms with Crippen LogP contribution in [0.15, 0.2) is 4.99 Å². The molecule has 0 bridgehead atoms. The number of nitrogens with zero attached hydrogens (tertiary/aromatic N) is 2. The fourth-order valence-electron chi connectivity index (χ4n) is 0.936. The Morgan fingerprint density at radius 2 is 2.00 bits per heavy atom. The van der Waals surface area contributed by atoms with Gasteiger partial charge in [0.15, 0.2) is 0 Å². The number of rotatable bonds is 4. The third-order valence-corrected chi connectivity index (χ3v) is 1.38. The van der Waals surface area contributed by atoms with E-state index in [2.05, 4.69) is 11.9 Å². The van der Waals surface area contributed by atoms with Crippen LogP contribution < -0.4 is 0 Å². The van der Waals surface area contributed by atoms with Crippen LogP contribution in [0.1, 0.15) is 26.7 Å². The fraction of sp³-hybridized carbons (Fsp3) is 0.778. The zero-order valence-electron chi connectivity index (χ0n) is 8.42. The Morgan fingerprint density at radius 1 is 1.42 bits per heavy atom. The van der Waals surface area contributed by atoms with Crippen molar-refractivity contribution in [3.8, 4) is 0 Å². The van der Waals surface area contributed by atoms with Crippen molar-refractivity contribution in [2.24, 2.45) is 4.99 Å². The molecule has 0 saturated carbocycles. The largest absolute Gasteiger partial charge is 0.301 e. The monoisotopic (exact) mass is 170 g/mol. The molecule has 3 heteroatoms. The van der Waals surface area contributed by atoms with E-state index in [1.165, 1.54) is 0 Å². The maximum Gasteiger partial charge on any atom is 0.259 e. The lowest BCUT2D eigenvalue weighted by Gasteiger charge is -2.05. The van der Waals surface area contributed by atoms with Crippen molar-refractivity contribution in [2.45, 2.75) is 26.7 Å². The summed E-state index contributed by atoms with van der Waals surface area (Å²) < 4.78 is 0. The standard InChI is InChI=1S/C9H18N2O/c1-5-6-8(2)10-9(12)7-11(3)4/h5-7H2,1-4H3. The number of amides is 1. The lowest BCUT2D eigenvalue weighted by molar-refractivity contribution is -0.118. The van der Waals surface area contributed by atoms with Crippen LogP contribution in [0.25, 0.3) is 0 Å². The molecule has 0 aliphatic carbocycles. The Balaban J connectivity index is 3.88. The van der Waals surface area contributed by atoms with Crippen molar-refractivity contribution in [3.63, 3.8) is 0 Å². The van der Waals surface area contributed by atoms with E-state index in [1.54, 1.807) is 0 Å². The average molecular weight is 170 g/mol. The second-order valence-corrected chi connectivity index (χ2v) is 3.23. The average Bonchev–Trinajstić information content (AvgIpc) is 1.84. The topological polar surface area (TPSA) is 32.7 Å². The molecule has 0 spiro atoms. The third-order valence-electron chi connectivity index (χ3n) is 1.38. The Hall–Kier alpha value is -0.700. The van der Waals surface area contributed by atoms with E-state index in [9.17, 15) is 4.79 Å². The molecule has 0 aromatic carbocycles. The van der Waals surface area contributed by atoms with Gasteiger partial charge in [-0.15, -0.1) is 0 Å². The molecule has 12 heavy (non-hydrogen) atoms. The summed E-state index contributed by atoms with van der Waals surface area (Å²) in [7, 11) is 3.73.